The molecule has 106 valence electrons. The molecule has 0 aromatic rings. The molecule has 3 nitrogen and oxygen atoms in total. The molecule has 2 aliphatic rings. The zero-order valence-corrected chi connectivity index (χ0v) is 12.5. The van der Waals surface area contributed by atoms with Gasteiger partial charge in [0.1, 0.15) is 0 Å². The predicted molar refractivity (Wildman–Crippen MR) is 77.7 cm³/mol. The Morgan fingerprint density at radius 2 is 1.89 bits per heavy atom. The molecule has 0 saturated carbocycles. The van der Waals surface area contributed by atoms with Crippen molar-refractivity contribution in [1.29, 1.82) is 0 Å². The predicted octanol–water partition coefficient (Wildman–Crippen LogP) is 1.92. The van der Waals surface area contributed by atoms with E-state index >= 15 is 0 Å². The molecule has 2 saturated heterocycles. The maximum absolute atomic E-state index is 6.28. The topological polar surface area (TPSA) is 32.5 Å². The maximum atomic E-state index is 6.28. The highest BCUT2D eigenvalue weighted by molar-refractivity contribution is 4.86. The zero-order chi connectivity index (χ0) is 13.2. The summed E-state index contributed by atoms with van der Waals surface area (Å²) >= 11 is 0. The molecule has 2 rings (SSSR count). The van der Waals surface area contributed by atoms with Crippen LogP contribution in [0.15, 0.2) is 0 Å². The number of nitrogens with two attached hydrogens (primary N) is 1. The fourth-order valence-corrected chi connectivity index (χ4v) is 3.24. The van der Waals surface area contributed by atoms with E-state index in [1.165, 1.54) is 52.0 Å². The van der Waals surface area contributed by atoms with Gasteiger partial charge in [0.15, 0.2) is 0 Å². The van der Waals surface area contributed by atoms with E-state index in [2.05, 4.69) is 30.6 Å². The third-order valence-corrected chi connectivity index (χ3v) is 4.76. The lowest BCUT2D eigenvalue weighted by atomic mass is 9.85. The van der Waals surface area contributed by atoms with Gasteiger partial charge in [0.05, 0.1) is 0 Å². The van der Waals surface area contributed by atoms with Crippen molar-refractivity contribution in [2.24, 2.45) is 11.1 Å². The summed E-state index contributed by atoms with van der Waals surface area (Å²) in [5.74, 6) is 0. The largest absolute Gasteiger partial charge is 0.327 e. The minimum absolute atomic E-state index is 0.241. The molecule has 2 N–H and O–H groups in total. The Hall–Kier alpha value is -0.120. The monoisotopic (exact) mass is 253 g/mol. The quantitative estimate of drug-likeness (QED) is 0.834. The van der Waals surface area contributed by atoms with Crippen LogP contribution in [0, 0.1) is 5.41 Å². The van der Waals surface area contributed by atoms with Crippen molar-refractivity contribution in [2.45, 2.75) is 58.5 Å². The average Bonchev–Trinajstić information content (AvgIpc) is 2.63. The highest BCUT2D eigenvalue weighted by Gasteiger charge is 2.29. The Morgan fingerprint density at radius 3 is 2.61 bits per heavy atom. The highest BCUT2D eigenvalue weighted by Crippen LogP contribution is 2.23. The molecule has 0 spiro atoms. The van der Waals surface area contributed by atoms with E-state index in [9.17, 15) is 0 Å². The van der Waals surface area contributed by atoms with E-state index in [0.717, 1.165) is 12.5 Å². The molecule has 3 heteroatoms. The molecule has 18 heavy (non-hydrogen) atoms. The second-order valence-corrected chi connectivity index (χ2v) is 7.25. The SMILES string of the molecule is CC(C)(C)C(N)CCN1CCCN2CCCC2C1. The summed E-state index contributed by atoms with van der Waals surface area (Å²) in [5.41, 5.74) is 6.52. The summed E-state index contributed by atoms with van der Waals surface area (Å²) in [5, 5.41) is 0. The maximum Gasteiger partial charge on any atom is 0.0223 e. The van der Waals surface area contributed by atoms with Crippen molar-refractivity contribution in [2.75, 3.05) is 32.7 Å². The van der Waals surface area contributed by atoms with Crippen LogP contribution in [0.4, 0.5) is 0 Å². The molecule has 0 aliphatic carbocycles. The van der Waals surface area contributed by atoms with Crippen molar-refractivity contribution in [1.82, 2.24) is 9.80 Å². The van der Waals surface area contributed by atoms with E-state index < -0.39 is 0 Å². The lowest BCUT2D eigenvalue weighted by Gasteiger charge is -2.30. The van der Waals surface area contributed by atoms with E-state index in [4.69, 9.17) is 5.73 Å². The Morgan fingerprint density at radius 1 is 1.17 bits per heavy atom. The molecule has 2 unspecified atom stereocenters. The third-order valence-electron chi connectivity index (χ3n) is 4.76. The van der Waals surface area contributed by atoms with Crippen molar-refractivity contribution in [3.63, 3.8) is 0 Å². The molecule has 0 bridgehead atoms. The number of hydrogen-bond acceptors (Lipinski definition) is 3. The lowest BCUT2D eigenvalue weighted by molar-refractivity contribution is 0.201. The molecule has 2 heterocycles. The number of nitrogens with zero attached hydrogens (tertiary/aromatic N) is 2. The number of fused-ring (bicyclic) bond motifs is 1. The Kier molecular flexibility index (Phi) is 4.68. The first kappa shape index (κ1) is 14.3. The molecule has 0 amide bonds. The molecule has 0 aromatic heterocycles. The molecule has 2 atom stereocenters. The van der Waals surface area contributed by atoms with Crippen LogP contribution in [-0.4, -0.2) is 54.6 Å². The van der Waals surface area contributed by atoms with Crippen molar-refractivity contribution in [3.05, 3.63) is 0 Å². The van der Waals surface area contributed by atoms with Gasteiger partial charge in [-0.3, -0.25) is 4.90 Å². The molecule has 0 radical (unpaired) electrons. The molecular weight excluding hydrogens is 222 g/mol. The van der Waals surface area contributed by atoms with Gasteiger partial charge in [-0.05, 0) is 57.3 Å². The molecule has 0 aromatic carbocycles. The van der Waals surface area contributed by atoms with E-state index in [1.54, 1.807) is 0 Å². The van der Waals surface area contributed by atoms with Gasteiger partial charge in [-0.2, -0.15) is 0 Å². The second kappa shape index (κ2) is 5.89. The summed E-state index contributed by atoms with van der Waals surface area (Å²) < 4.78 is 0. The van der Waals surface area contributed by atoms with Crippen LogP contribution in [0.25, 0.3) is 0 Å². The van der Waals surface area contributed by atoms with Crippen LogP contribution < -0.4 is 5.73 Å². The Bertz CT molecular complexity index is 259. The van der Waals surface area contributed by atoms with E-state index in [-0.39, 0.29) is 5.41 Å². The van der Waals surface area contributed by atoms with Crippen LogP contribution in [0.1, 0.15) is 46.5 Å². The van der Waals surface area contributed by atoms with Gasteiger partial charge in [-0.1, -0.05) is 20.8 Å². The molecule has 2 aliphatic heterocycles. The first-order valence-corrected chi connectivity index (χ1v) is 7.69. The van der Waals surface area contributed by atoms with Crippen molar-refractivity contribution in [3.8, 4) is 0 Å². The van der Waals surface area contributed by atoms with Gasteiger partial charge >= 0.3 is 0 Å². The van der Waals surface area contributed by atoms with Gasteiger partial charge in [-0.15, -0.1) is 0 Å². The first-order valence-electron chi connectivity index (χ1n) is 7.69. The van der Waals surface area contributed by atoms with E-state index in [0.29, 0.717) is 6.04 Å². The number of rotatable bonds is 3. The molecular formula is C15H31N3. The van der Waals surface area contributed by atoms with Gasteiger partial charge < -0.3 is 10.6 Å². The summed E-state index contributed by atoms with van der Waals surface area (Å²) in [6, 6.07) is 1.15. The van der Waals surface area contributed by atoms with Crippen LogP contribution in [-0.2, 0) is 0 Å². The van der Waals surface area contributed by atoms with Crippen molar-refractivity contribution >= 4 is 0 Å². The summed E-state index contributed by atoms with van der Waals surface area (Å²) in [6.45, 7) is 13.1. The summed E-state index contributed by atoms with van der Waals surface area (Å²) in [6.07, 6.45) is 5.28. The smallest absolute Gasteiger partial charge is 0.0223 e. The molecule has 2 fully saturated rings. The van der Waals surface area contributed by atoms with E-state index in [1.807, 2.05) is 0 Å². The summed E-state index contributed by atoms with van der Waals surface area (Å²) in [4.78, 5) is 5.35. The second-order valence-electron chi connectivity index (χ2n) is 7.25. The Balaban J connectivity index is 1.79. The van der Waals surface area contributed by atoms with Crippen LogP contribution in [0.3, 0.4) is 0 Å². The van der Waals surface area contributed by atoms with Crippen molar-refractivity contribution < 1.29 is 0 Å². The Labute approximate surface area is 113 Å². The fraction of sp³-hybridized carbons (Fsp3) is 1.00. The van der Waals surface area contributed by atoms with Crippen LogP contribution >= 0.6 is 0 Å². The van der Waals surface area contributed by atoms with Gasteiger partial charge in [0.25, 0.3) is 0 Å². The fourth-order valence-electron chi connectivity index (χ4n) is 3.24. The summed E-state index contributed by atoms with van der Waals surface area (Å²) in [7, 11) is 0. The normalized spacial score (nSPS) is 29.0. The zero-order valence-electron chi connectivity index (χ0n) is 12.5. The third kappa shape index (κ3) is 3.69. The number of hydrogen-bond donors (Lipinski definition) is 1. The first-order chi connectivity index (χ1) is 8.47. The highest BCUT2D eigenvalue weighted by atomic mass is 15.3. The standard InChI is InChI=1S/C15H31N3/c1-15(2,3)14(16)7-11-17-8-5-10-18-9-4-6-13(18)12-17/h13-14H,4-12,16H2,1-3H3. The average molecular weight is 253 g/mol. The van der Waals surface area contributed by atoms with Gasteiger partial charge in [-0.25, -0.2) is 0 Å². The van der Waals surface area contributed by atoms with Crippen LogP contribution in [0.5, 0.6) is 0 Å². The van der Waals surface area contributed by atoms with Gasteiger partial charge in [0, 0.05) is 18.6 Å². The minimum atomic E-state index is 0.241. The lowest BCUT2D eigenvalue weighted by Crippen LogP contribution is -2.41. The van der Waals surface area contributed by atoms with Gasteiger partial charge in [0.2, 0.25) is 0 Å². The van der Waals surface area contributed by atoms with Crippen LogP contribution in [0.2, 0.25) is 0 Å². The minimum Gasteiger partial charge on any atom is -0.327 e.